The molecule has 2 nitrogen and oxygen atoms in total. The molecule has 19 heavy (non-hydrogen) atoms. The van der Waals surface area contributed by atoms with E-state index in [-0.39, 0.29) is 0 Å². The summed E-state index contributed by atoms with van der Waals surface area (Å²) in [5.41, 5.74) is 3.12. The van der Waals surface area contributed by atoms with Crippen LogP contribution in [0.2, 0.25) is 0 Å². The van der Waals surface area contributed by atoms with Crippen molar-refractivity contribution in [2.45, 2.75) is 0 Å². The molecule has 0 radical (unpaired) electrons. The van der Waals surface area contributed by atoms with Crippen molar-refractivity contribution in [1.82, 2.24) is 4.98 Å². The van der Waals surface area contributed by atoms with Gasteiger partial charge in [0.1, 0.15) is 5.76 Å². The van der Waals surface area contributed by atoms with Crippen LogP contribution < -0.4 is 0 Å². The molecule has 0 aliphatic rings. The van der Waals surface area contributed by atoms with Crippen LogP contribution in [0.1, 0.15) is 0 Å². The van der Waals surface area contributed by atoms with Gasteiger partial charge in [-0.15, -0.1) is 0 Å². The van der Waals surface area contributed by atoms with Crippen molar-refractivity contribution < 1.29 is 4.42 Å². The highest BCUT2D eigenvalue weighted by atomic mass is 16.3. The molecule has 0 spiro atoms. The van der Waals surface area contributed by atoms with Gasteiger partial charge in [0.05, 0.1) is 17.3 Å². The Morgan fingerprint density at radius 3 is 2.53 bits per heavy atom. The molecule has 0 atom stereocenters. The quantitative estimate of drug-likeness (QED) is 0.456. The van der Waals surface area contributed by atoms with Crippen LogP contribution in [-0.4, -0.2) is 4.98 Å². The molecule has 2 aromatic carbocycles. The van der Waals surface area contributed by atoms with Crippen molar-refractivity contribution in [2.24, 2.45) is 0 Å². The Morgan fingerprint density at radius 1 is 0.737 bits per heavy atom. The summed E-state index contributed by atoms with van der Waals surface area (Å²) < 4.78 is 5.44. The normalized spacial score (nSPS) is 11.2. The first-order chi connectivity index (χ1) is 9.40. The Hall–Kier alpha value is -2.61. The number of nitrogens with zero attached hydrogens (tertiary/aromatic N) is 1. The predicted octanol–water partition coefficient (Wildman–Crippen LogP) is 4.65. The van der Waals surface area contributed by atoms with Crippen molar-refractivity contribution in [3.63, 3.8) is 0 Å². The summed E-state index contributed by atoms with van der Waals surface area (Å²) in [6.07, 6.45) is 1.69. The number of benzene rings is 2. The third-order valence-corrected chi connectivity index (χ3v) is 3.32. The summed E-state index contributed by atoms with van der Waals surface area (Å²) >= 11 is 0. The van der Waals surface area contributed by atoms with Gasteiger partial charge in [0.15, 0.2) is 0 Å². The highest BCUT2D eigenvalue weighted by molar-refractivity contribution is 5.94. The predicted molar refractivity (Wildman–Crippen MR) is 77.0 cm³/mol. The first-order valence-electron chi connectivity index (χ1n) is 6.24. The van der Waals surface area contributed by atoms with Crippen molar-refractivity contribution in [1.29, 1.82) is 0 Å². The average Bonchev–Trinajstić information content (AvgIpc) is 2.98. The average molecular weight is 245 g/mol. The second-order valence-electron chi connectivity index (χ2n) is 4.57. The number of pyridine rings is 1. The zero-order chi connectivity index (χ0) is 12.7. The molecule has 0 fully saturated rings. The van der Waals surface area contributed by atoms with Crippen LogP contribution in [0.3, 0.4) is 0 Å². The van der Waals surface area contributed by atoms with Gasteiger partial charge in [-0.05, 0) is 42.5 Å². The van der Waals surface area contributed by atoms with Gasteiger partial charge in [-0.25, -0.2) is 4.98 Å². The number of rotatable bonds is 1. The number of aromatic nitrogens is 1. The topological polar surface area (TPSA) is 26.0 Å². The highest BCUT2D eigenvalue weighted by Gasteiger charge is 2.04. The van der Waals surface area contributed by atoms with E-state index >= 15 is 0 Å². The molecule has 0 aliphatic heterocycles. The molecular weight excluding hydrogens is 234 g/mol. The van der Waals surface area contributed by atoms with Crippen molar-refractivity contribution in [3.8, 4) is 11.3 Å². The van der Waals surface area contributed by atoms with Gasteiger partial charge in [0.2, 0.25) is 0 Å². The summed E-state index contributed by atoms with van der Waals surface area (Å²) in [6, 6.07) is 20.4. The maximum absolute atomic E-state index is 5.44. The number of para-hydroxylation sites is 1. The van der Waals surface area contributed by atoms with Crippen molar-refractivity contribution >= 4 is 21.8 Å². The summed E-state index contributed by atoms with van der Waals surface area (Å²) in [7, 11) is 0. The lowest BCUT2D eigenvalue weighted by molar-refractivity contribution is 0.582. The molecule has 4 rings (SSSR count). The Balaban J connectivity index is 2.00. The number of hydrogen-bond acceptors (Lipinski definition) is 2. The van der Waals surface area contributed by atoms with E-state index in [4.69, 9.17) is 4.42 Å². The van der Waals surface area contributed by atoms with E-state index in [9.17, 15) is 0 Å². The Kier molecular flexibility index (Phi) is 2.15. The first-order valence-corrected chi connectivity index (χ1v) is 6.24. The Bertz CT molecular complexity index is 863. The van der Waals surface area contributed by atoms with E-state index in [1.807, 2.05) is 42.5 Å². The van der Waals surface area contributed by atoms with Crippen LogP contribution in [0.15, 0.2) is 71.3 Å². The van der Waals surface area contributed by atoms with E-state index in [0.29, 0.717) is 0 Å². The monoisotopic (exact) mass is 245 g/mol. The minimum Gasteiger partial charge on any atom is -0.464 e. The van der Waals surface area contributed by atoms with E-state index in [1.165, 1.54) is 0 Å². The highest BCUT2D eigenvalue weighted by Crippen LogP contribution is 2.26. The maximum atomic E-state index is 5.44. The first kappa shape index (κ1) is 10.3. The fraction of sp³-hybridized carbons (Fsp3) is 0. The lowest BCUT2D eigenvalue weighted by Crippen LogP contribution is -1.83. The van der Waals surface area contributed by atoms with Gasteiger partial charge >= 0.3 is 0 Å². The fourth-order valence-electron chi connectivity index (χ4n) is 2.38. The second kappa shape index (κ2) is 3.95. The molecule has 90 valence electrons. The molecule has 2 heteroatoms. The minimum atomic E-state index is 0.884. The van der Waals surface area contributed by atoms with Crippen LogP contribution in [0.4, 0.5) is 0 Å². The summed E-state index contributed by atoms with van der Waals surface area (Å²) in [4.78, 5) is 4.67. The van der Waals surface area contributed by atoms with Gasteiger partial charge in [-0.2, -0.15) is 0 Å². The summed E-state index contributed by atoms with van der Waals surface area (Å²) in [5, 5.41) is 2.29. The number of fused-ring (bicyclic) bond motifs is 2. The van der Waals surface area contributed by atoms with Crippen molar-refractivity contribution in [2.75, 3.05) is 0 Å². The smallest absolute Gasteiger partial charge is 0.133 e. The number of furan rings is 1. The fourth-order valence-corrected chi connectivity index (χ4v) is 2.38. The zero-order valence-corrected chi connectivity index (χ0v) is 10.2. The SMILES string of the molecule is c1coc(-c2ccc3nc4ccccc4cc3c2)c1. The lowest BCUT2D eigenvalue weighted by atomic mass is 10.1. The van der Waals surface area contributed by atoms with Gasteiger partial charge < -0.3 is 4.42 Å². The third kappa shape index (κ3) is 1.69. The van der Waals surface area contributed by atoms with E-state index in [0.717, 1.165) is 33.1 Å². The van der Waals surface area contributed by atoms with E-state index in [2.05, 4.69) is 23.2 Å². The van der Waals surface area contributed by atoms with Gasteiger partial charge in [0.25, 0.3) is 0 Å². The van der Waals surface area contributed by atoms with E-state index in [1.54, 1.807) is 6.26 Å². The maximum Gasteiger partial charge on any atom is 0.133 e. The number of hydrogen-bond donors (Lipinski definition) is 0. The molecule has 2 heterocycles. The molecule has 0 N–H and O–H groups in total. The van der Waals surface area contributed by atoms with Gasteiger partial charge in [-0.1, -0.05) is 18.2 Å². The zero-order valence-electron chi connectivity index (χ0n) is 10.2. The standard InChI is InChI=1S/C17H11NO/c1-2-5-15-12(4-1)10-14-11-13(7-8-16(14)18-15)17-6-3-9-19-17/h1-11H. The molecule has 4 aromatic rings. The second-order valence-corrected chi connectivity index (χ2v) is 4.57. The molecule has 0 saturated heterocycles. The largest absolute Gasteiger partial charge is 0.464 e. The molecular formula is C17H11NO. The third-order valence-electron chi connectivity index (χ3n) is 3.32. The molecule has 2 aromatic heterocycles. The lowest BCUT2D eigenvalue weighted by Gasteiger charge is -2.03. The Labute approximate surface area is 110 Å². The minimum absolute atomic E-state index is 0.884. The molecule has 0 unspecified atom stereocenters. The molecule has 0 aliphatic carbocycles. The summed E-state index contributed by atoms with van der Waals surface area (Å²) in [6.45, 7) is 0. The van der Waals surface area contributed by atoms with Crippen LogP contribution in [0.5, 0.6) is 0 Å². The van der Waals surface area contributed by atoms with Crippen LogP contribution in [-0.2, 0) is 0 Å². The van der Waals surface area contributed by atoms with Gasteiger partial charge in [0, 0.05) is 16.3 Å². The Morgan fingerprint density at radius 2 is 1.63 bits per heavy atom. The van der Waals surface area contributed by atoms with Crippen molar-refractivity contribution in [3.05, 3.63) is 66.9 Å². The van der Waals surface area contributed by atoms with Crippen LogP contribution in [0, 0.1) is 0 Å². The van der Waals surface area contributed by atoms with Crippen LogP contribution in [0.25, 0.3) is 33.1 Å². The molecule has 0 bridgehead atoms. The van der Waals surface area contributed by atoms with Gasteiger partial charge in [-0.3, -0.25) is 0 Å². The molecule has 0 saturated carbocycles. The van der Waals surface area contributed by atoms with Crippen LogP contribution >= 0.6 is 0 Å². The summed E-state index contributed by atoms with van der Waals surface area (Å²) in [5.74, 6) is 0.884. The van der Waals surface area contributed by atoms with E-state index < -0.39 is 0 Å². The molecule has 0 amide bonds.